The number of hydrogen-bond donors (Lipinski definition) is 0. The topological polar surface area (TPSA) is 39.2 Å². The summed E-state index contributed by atoms with van der Waals surface area (Å²) in [7, 11) is 0. The van der Waals surface area contributed by atoms with Crippen LogP contribution in [0.5, 0.6) is 0 Å². The highest BCUT2D eigenvalue weighted by atomic mass is 16.5. The molecule has 0 aliphatic carbocycles. The van der Waals surface area contributed by atoms with Crippen molar-refractivity contribution in [3.05, 3.63) is 90.5 Å². The van der Waals surface area contributed by atoms with Gasteiger partial charge in [0.2, 0.25) is 0 Å². The van der Waals surface area contributed by atoms with E-state index in [0.717, 1.165) is 27.9 Å². The summed E-state index contributed by atoms with van der Waals surface area (Å²) in [4.78, 5) is 17.2. The third kappa shape index (κ3) is 3.58. The van der Waals surface area contributed by atoms with Gasteiger partial charge in [-0.3, -0.25) is 0 Å². The number of aromatic nitrogens is 1. The lowest BCUT2D eigenvalue weighted by Crippen LogP contribution is -2.06. The second-order valence-corrected chi connectivity index (χ2v) is 6.27. The smallest absolute Gasteiger partial charge is 0.338 e. The summed E-state index contributed by atoms with van der Waals surface area (Å²) in [5, 5.41) is 2.31. The molecule has 0 atom stereocenters. The number of hydrogen-bond acceptors (Lipinski definition) is 3. The molecule has 0 saturated heterocycles. The van der Waals surface area contributed by atoms with E-state index in [1.807, 2.05) is 48.5 Å². The summed E-state index contributed by atoms with van der Waals surface area (Å²) < 4.78 is 5.21. The van der Waals surface area contributed by atoms with E-state index in [9.17, 15) is 4.79 Å². The Hall–Kier alpha value is -3.46. The van der Waals surface area contributed by atoms with E-state index in [1.165, 1.54) is 5.39 Å². The van der Waals surface area contributed by atoms with Gasteiger partial charge in [-0.25, -0.2) is 9.78 Å². The summed E-state index contributed by atoms with van der Waals surface area (Å²) in [6, 6.07) is 27.9. The molecule has 0 spiro atoms. The summed E-state index contributed by atoms with van der Waals surface area (Å²) in [6.07, 6.45) is 0. The molecule has 1 heterocycles. The van der Waals surface area contributed by atoms with Crippen LogP contribution >= 0.6 is 0 Å². The van der Waals surface area contributed by atoms with Crippen molar-refractivity contribution in [2.45, 2.75) is 6.92 Å². The van der Waals surface area contributed by atoms with E-state index in [-0.39, 0.29) is 5.97 Å². The average molecular weight is 353 g/mol. The lowest BCUT2D eigenvalue weighted by molar-refractivity contribution is 0.0526. The number of carbonyl (C=O) groups excluding carboxylic acids is 1. The van der Waals surface area contributed by atoms with Crippen molar-refractivity contribution in [1.29, 1.82) is 0 Å². The Labute approximate surface area is 158 Å². The molecule has 0 aliphatic rings. The van der Waals surface area contributed by atoms with Gasteiger partial charge in [-0.2, -0.15) is 0 Å². The third-order valence-corrected chi connectivity index (χ3v) is 4.45. The van der Waals surface area contributed by atoms with Crippen LogP contribution < -0.4 is 0 Å². The van der Waals surface area contributed by atoms with Crippen molar-refractivity contribution in [3.63, 3.8) is 0 Å². The number of nitrogens with zero attached hydrogens (tertiary/aromatic N) is 1. The van der Waals surface area contributed by atoms with Crippen molar-refractivity contribution < 1.29 is 9.53 Å². The van der Waals surface area contributed by atoms with Gasteiger partial charge in [-0.1, -0.05) is 66.7 Å². The Bertz CT molecular complexity index is 1100. The zero-order valence-corrected chi connectivity index (χ0v) is 15.1. The highest BCUT2D eigenvalue weighted by molar-refractivity contribution is 5.93. The van der Waals surface area contributed by atoms with Crippen LogP contribution in [-0.4, -0.2) is 17.6 Å². The highest BCUT2D eigenvalue weighted by Gasteiger charge is 2.13. The largest absolute Gasteiger partial charge is 0.462 e. The second-order valence-electron chi connectivity index (χ2n) is 6.27. The number of pyridine rings is 1. The number of rotatable bonds is 4. The molecule has 0 aliphatic heterocycles. The van der Waals surface area contributed by atoms with Gasteiger partial charge >= 0.3 is 5.97 Å². The summed E-state index contributed by atoms with van der Waals surface area (Å²) in [6.45, 7) is 2.15. The molecular formula is C24H19NO2. The maximum absolute atomic E-state index is 12.4. The Morgan fingerprint density at radius 1 is 0.778 bits per heavy atom. The van der Waals surface area contributed by atoms with Crippen molar-refractivity contribution in [1.82, 2.24) is 4.98 Å². The van der Waals surface area contributed by atoms with Crippen molar-refractivity contribution >= 4 is 16.7 Å². The number of fused-ring (bicyclic) bond motifs is 1. The molecule has 27 heavy (non-hydrogen) atoms. The maximum Gasteiger partial charge on any atom is 0.338 e. The first-order valence-corrected chi connectivity index (χ1v) is 8.98. The van der Waals surface area contributed by atoms with E-state index >= 15 is 0 Å². The standard InChI is InChI=1S/C24H19NO2/c1-2-27-24(26)21-15-22(18-9-4-3-5-10-18)25-23(16-21)20-13-12-17-8-6-7-11-19(17)14-20/h3-16H,2H2,1H3. The normalized spacial score (nSPS) is 10.7. The number of benzene rings is 3. The van der Waals surface area contributed by atoms with E-state index < -0.39 is 0 Å². The molecule has 132 valence electrons. The molecule has 0 bridgehead atoms. The van der Waals surface area contributed by atoms with Gasteiger partial charge in [0.05, 0.1) is 23.6 Å². The van der Waals surface area contributed by atoms with Gasteiger partial charge in [-0.15, -0.1) is 0 Å². The molecular weight excluding hydrogens is 334 g/mol. The first-order valence-electron chi connectivity index (χ1n) is 8.98. The van der Waals surface area contributed by atoms with Crippen LogP contribution in [0.15, 0.2) is 84.9 Å². The van der Waals surface area contributed by atoms with Crippen LogP contribution in [0.1, 0.15) is 17.3 Å². The quantitative estimate of drug-likeness (QED) is 0.439. The van der Waals surface area contributed by atoms with Crippen LogP contribution in [0.2, 0.25) is 0 Å². The number of carbonyl (C=O) groups is 1. The molecule has 4 aromatic rings. The van der Waals surface area contributed by atoms with Crippen LogP contribution in [-0.2, 0) is 4.74 Å². The molecule has 0 saturated carbocycles. The molecule has 0 radical (unpaired) electrons. The summed E-state index contributed by atoms with van der Waals surface area (Å²) in [5.41, 5.74) is 3.95. The summed E-state index contributed by atoms with van der Waals surface area (Å²) in [5.74, 6) is -0.334. The fourth-order valence-corrected chi connectivity index (χ4v) is 3.12. The molecule has 3 aromatic carbocycles. The number of ether oxygens (including phenoxy) is 1. The molecule has 1 aromatic heterocycles. The van der Waals surface area contributed by atoms with Crippen LogP contribution in [0.25, 0.3) is 33.3 Å². The van der Waals surface area contributed by atoms with Crippen LogP contribution in [0.3, 0.4) is 0 Å². The van der Waals surface area contributed by atoms with Gasteiger partial charge < -0.3 is 4.74 Å². The van der Waals surface area contributed by atoms with Gasteiger partial charge in [0.25, 0.3) is 0 Å². The minimum atomic E-state index is -0.334. The first kappa shape index (κ1) is 17.0. The van der Waals surface area contributed by atoms with Crippen molar-refractivity contribution in [2.75, 3.05) is 6.61 Å². The van der Waals surface area contributed by atoms with E-state index in [1.54, 1.807) is 19.1 Å². The molecule has 3 nitrogen and oxygen atoms in total. The Morgan fingerprint density at radius 3 is 2.19 bits per heavy atom. The fourth-order valence-electron chi connectivity index (χ4n) is 3.12. The minimum absolute atomic E-state index is 0.334. The molecule has 0 amide bonds. The Kier molecular flexibility index (Phi) is 4.67. The van der Waals surface area contributed by atoms with Gasteiger partial charge in [-0.05, 0) is 35.9 Å². The SMILES string of the molecule is CCOC(=O)c1cc(-c2ccccc2)nc(-c2ccc3ccccc3c2)c1. The number of esters is 1. The van der Waals surface area contributed by atoms with E-state index in [4.69, 9.17) is 9.72 Å². The van der Waals surface area contributed by atoms with Crippen LogP contribution in [0.4, 0.5) is 0 Å². The molecule has 0 N–H and O–H groups in total. The second kappa shape index (κ2) is 7.42. The minimum Gasteiger partial charge on any atom is -0.462 e. The lowest BCUT2D eigenvalue weighted by atomic mass is 10.0. The Balaban J connectivity index is 1.87. The molecule has 3 heteroatoms. The fraction of sp³-hybridized carbons (Fsp3) is 0.0833. The highest BCUT2D eigenvalue weighted by Crippen LogP contribution is 2.27. The maximum atomic E-state index is 12.4. The molecule has 0 unspecified atom stereocenters. The van der Waals surface area contributed by atoms with Crippen molar-refractivity contribution in [3.8, 4) is 22.5 Å². The zero-order chi connectivity index (χ0) is 18.6. The van der Waals surface area contributed by atoms with Crippen LogP contribution in [0, 0.1) is 0 Å². The predicted octanol–water partition coefficient (Wildman–Crippen LogP) is 5.75. The predicted molar refractivity (Wildman–Crippen MR) is 109 cm³/mol. The molecule has 0 fully saturated rings. The molecule has 4 rings (SSSR count). The van der Waals surface area contributed by atoms with Gasteiger partial charge in [0.15, 0.2) is 0 Å². The zero-order valence-electron chi connectivity index (χ0n) is 15.1. The monoisotopic (exact) mass is 353 g/mol. The van der Waals surface area contributed by atoms with E-state index in [0.29, 0.717) is 12.2 Å². The van der Waals surface area contributed by atoms with Gasteiger partial charge in [0, 0.05) is 11.1 Å². The third-order valence-electron chi connectivity index (χ3n) is 4.45. The van der Waals surface area contributed by atoms with E-state index in [2.05, 4.69) is 24.3 Å². The summed E-state index contributed by atoms with van der Waals surface area (Å²) >= 11 is 0. The average Bonchev–Trinajstić information content (AvgIpc) is 2.74. The lowest BCUT2D eigenvalue weighted by Gasteiger charge is -2.10. The Morgan fingerprint density at radius 2 is 1.44 bits per heavy atom. The van der Waals surface area contributed by atoms with Gasteiger partial charge in [0.1, 0.15) is 0 Å². The van der Waals surface area contributed by atoms with Crippen molar-refractivity contribution in [2.24, 2.45) is 0 Å². The first-order chi connectivity index (χ1) is 13.2.